The Labute approximate surface area is 140 Å². The van der Waals surface area contributed by atoms with Gasteiger partial charge in [0.05, 0.1) is 0 Å². The third-order valence-electron chi connectivity index (χ3n) is 3.10. The average molecular weight is 372 g/mol. The van der Waals surface area contributed by atoms with E-state index in [4.69, 9.17) is 0 Å². The number of benzene rings is 1. The zero-order valence-electron chi connectivity index (χ0n) is 13.5. The van der Waals surface area contributed by atoms with Crippen molar-refractivity contribution >= 4 is 5.91 Å². The summed E-state index contributed by atoms with van der Waals surface area (Å²) in [5, 5.41) is 2.95. The molecule has 0 aliphatic heterocycles. The third kappa shape index (κ3) is 6.81. The van der Waals surface area contributed by atoms with Crippen LogP contribution in [-0.4, -0.2) is 49.9 Å². The Morgan fingerprint density at radius 1 is 1.16 bits per heavy atom. The predicted molar refractivity (Wildman–Crippen MR) is 78.0 cm³/mol. The minimum absolute atomic E-state index is 0.0658. The summed E-state index contributed by atoms with van der Waals surface area (Å²) in [6, 6.07) is 4.71. The molecule has 0 fully saturated rings. The molecule has 1 atom stereocenters. The first-order valence-electron chi connectivity index (χ1n) is 7.21. The highest BCUT2D eigenvalue weighted by Gasteiger charge is 2.59. The highest BCUT2D eigenvalue weighted by atomic mass is 19.4. The van der Waals surface area contributed by atoms with Gasteiger partial charge in [0.1, 0.15) is 5.75 Å². The van der Waals surface area contributed by atoms with E-state index in [0.717, 1.165) is 12.1 Å². The van der Waals surface area contributed by atoms with Crippen molar-refractivity contribution in [2.45, 2.75) is 31.4 Å². The van der Waals surface area contributed by atoms with Gasteiger partial charge in [0.25, 0.3) is 6.17 Å². The average Bonchev–Trinajstić information content (AvgIpc) is 2.50. The van der Waals surface area contributed by atoms with Crippen LogP contribution < -0.4 is 10.1 Å². The van der Waals surface area contributed by atoms with E-state index in [-0.39, 0.29) is 12.3 Å². The molecule has 0 bridgehead atoms. The summed E-state index contributed by atoms with van der Waals surface area (Å²) in [4.78, 5) is 12.8. The summed E-state index contributed by atoms with van der Waals surface area (Å²) < 4.78 is 78.9. The number of nitrogens with one attached hydrogen (secondary N) is 1. The van der Waals surface area contributed by atoms with Gasteiger partial charge in [0.15, 0.2) is 0 Å². The van der Waals surface area contributed by atoms with Gasteiger partial charge in [0, 0.05) is 33.6 Å². The lowest BCUT2D eigenvalue weighted by molar-refractivity contribution is -0.304. The molecule has 0 heterocycles. The molecule has 1 aromatic carbocycles. The maximum Gasteiger partial charge on any atom is 0.439 e. The van der Waals surface area contributed by atoms with Gasteiger partial charge < -0.3 is 15.0 Å². The van der Waals surface area contributed by atoms with Crippen LogP contribution in [0.25, 0.3) is 0 Å². The second-order valence-electron chi connectivity index (χ2n) is 5.43. The van der Waals surface area contributed by atoms with Crippen molar-refractivity contribution < 1.29 is 35.9 Å². The largest absolute Gasteiger partial charge is 0.439 e. The predicted octanol–water partition coefficient (Wildman–Crippen LogP) is 3.13. The third-order valence-corrected chi connectivity index (χ3v) is 3.10. The summed E-state index contributed by atoms with van der Waals surface area (Å²) in [6.45, 7) is 0.702. The molecule has 4 nitrogen and oxygen atoms in total. The van der Waals surface area contributed by atoms with E-state index < -0.39 is 24.2 Å². The minimum atomic E-state index is -5.72. The maximum absolute atomic E-state index is 13.1. The summed E-state index contributed by atoms with van der Waals surface area (Å²) in [5.41, 5.74) is 0.626. The molecule has 0 saturated carbocycles. The molecule has 0 radical (unpaired) electrons. The van der Waals surface area contributed by atoms with Crippen LogP contribution in [0.4, 0.5) is 26.3 Å². The maximum atomic E-state index is 13.1. The van der Waals surface area contributed by atoms with Crippen molar-refractivity contribution in [3.05, 3.63) is 29.8 Å². The van der Waals surface area contributed by atoms with Gasteiger partial charge in [-0.05, 0) is 17.7 Å². The van der Waals surface area contributed by atoms with E-state index in [0.29, 0.717) is 18.7 Å². The summed E-state index contributed by atoms with van der Waals surface area (Å²) in [6.07, 6.45) is -14.9. The highest BCUT2D eigenvalue weighted by molar-refractivity contribution is 5.75. The van der Waals surface area contributed by atoms with E-state index in [2.05, 4.69) is 10.1 Å². The molecule has 0 saturated heterocycles. The number of hydrogen-bond donors (Lipinski definition) is 1. The fourth-order valence-corrected chi connectivity index (χ4v) is 1.73. The first kappa shape index (κ1) is 21.1. The fraction of sp³-hybridized carbons (Fsp3) is 0.533. The molecule has 0 aromatic heterocycles. The number of ether oxygens (including phenoxy) is 1. The number of carbonyl (C=O) groups excluding carboxylic acids is 1. The molecule has 0 spiro atoms. The first-order chi connectivity index (χ1) is 11.4. The fourth-order valence-electron chi connectivity index (χ4n) is 1.73. The Hall–Kier alpha value is -1.97. The monoisotopic (exact) mass is 372 g/mol. The zero-order chi connectivity index (χ0) is 19.3. The molecule has 142 valence electrons. The van der Waals surface area contributed by atoms with Crippen molar-refractivity contribution in [1.29, 1.82) is 0 Å². The van der Waals surface area contributed by atoms with Crippen molar-refractivity contribution in [2.75, 3.05) is 20.6 Å². The smallest absolute Gasteiger partial charge is 0.430 e. The number of nitrogens with zero attached hydrogens (tertiary/aromatic N) is 1. The van der Waals surface area contributed by atoms with E-state index in [1.807, 2.05) is 0 Å². The van der Waals surface area contributed by atoms with E-state index in [1.165, 1.54) is 17.0 Å². The van der Waals surface area contributed by atoms with E-state index >= 15 is 0 Å². The molecular formula is C15H18F6N2O2. The molecule has 1 unspecified atom stereocenters. The Bertz CT molecular complexity index is 560. The number of hydrogen-bond acceptors (Lipinski definition) is 3. The van der Waals surface area contributed by atoms with Crippen LogP contribution in [0.1, 0.15) is 12.0 Å². The number of halogens is 6. The van der Waals surface area contributed by atoms with Gasteiger partial charge in [-0.2, -0.15) is 22.0 Å². The van der Waals surface area contributed by atoms with Gasteiger partial charge in [-0.15, -0.1) is 0 Å². The van der Waals surface area contributed by atoms with Crippen LogP contribution in [0.15, 0.2) is 24.3 Å². The number of rotatable bonds is 8. The summed E-state index contributed by atoms with van der Waals surface area (Å²) in [5.74, 6) is -0.660. The van der Waals surface area contributed by atoms with Crippen LogP contribution >= 0.6 is 0 Å². The van der Waals surface area contributed by atoms with Crippen LogP contribution in [0.3, 0.4) is 0 Å². The standard InChI is InChI=1S/C15H18F6N2O2/c1-23(2)12(24)7-8-22-9-10-3-5-11(6-4-10)25-15(20,21)13(16)14(17,18)19/h3-6,13,22H,7-9H2,1-2H3. The molecule has 1 amide bonds. The molecule has 1 N–H and O–H groups in total. The minimum Gasteiger partial charge on any atom is -0.430 e. The quantitative estimate of drug-likeness (QED) is 0.563. The molecule has 0 aliphatic carbocycles. The Kier molecular flexibility index (Phi) is 7.09. The van der Waals surface area contributed by atoms with Crippen molar-refractivity contribution in [1.82, 2.24) is 10.2 Å². The lowest BCUT2D eigenvalue weighted by Gasteiger charge is -2.23. The lowest BCUT2D eigenvalue weighted by Crippen LogP contribution is -2.45. The summed E-state index contributed by atoms with van der Waals surface area (Å²) >= 11 is 0. The highest BCUT2D eigenvalue weighted by Crippen LogP contribution is 2.36. The Balaban J connectivity index is 2.52. The van der Waals surface area contributed by atoms with Gasteiger partial charge >= 0.3 is 12.3 Å². The summed E-state index contributed by atoms with van der Waals surface area (Å²) in [7, 11) is 3.25. The number of alkyl halides is 6. The second kappa shape index (κ2) is 8.41. The molecule has 1 aromatic rings. The van der Waals surface area contributed by atoms with Gasteiger partial charge in [0.2, 0.25) is 5.91 Å². The van der Waals surface area contributed by atoms with Crippen molar-refractivity contribution in [3.63, 3.8) is 0 Å². The van der Waals surface area contributed by atoms with Crippen LogP contribution in [0, 0.1) is 0 Å². The number of carbonyl (C=O) groups is 1. The molecule has 0 aliphatic rings. The van der Waals surface area contributed by atoms with Crippen LogP contribution in [-0.2, 0) is 11.3 Å². The Morgan fingerprint density at radius 3 is 2.20 bits per heavy atom. The second-order valence-corrected chi connectivity index (χ2v) is 5.43. The van der Waals surface area contributed by atoms with Gasteiger partial charge in [-0.25, -0.2) is 4.39 Å². The molecule has 25 heavy (non-hydrogen) atoms. The SMILES string of the molecule is CN(C)C(=O)CCNCc1ccc(OC(F)(F)C(F)C(F)(F)F)cc1. The Morgan fingerprint density at radius 2 is 1.72 bits per heavy atom. The number of amides is 1. The van der Waals surface area contributed by atoms with Gasteiger partial charge in [-0.3, -0.25) is 4.79 Å². The normalized spacial score (nSPS) is 13.4. The van der Waals surface area contributed by atoms with Crippen LogP contribution in [0.5, 0.6) is 5.75 Å². The van der Waals surface area contributed by atoms with Gasteiger partial charge in [-0.1, -0.05) is 12.1 Å². The first-order valence-corrected chi connectivity index (χ1v) is 7.21. The molecule has 1 rings (SSSR count). The van der Waals surface area contributed by atoms with Crippen LogP contribution in [0.2, 0.25) is 0 Å². The van der Waals surface area contributed by atoms with Crippen molar-refractivity contribution in [2.24, 2.45) is 0 Å². The van der Waals surface area contributed by atoms with E-state index in [1.54, 1.807) is 14.1 Å². The lowest BCUT2D eigenvalue weighted by atomic mass is 10.2. The molecular weight excluding hydrogens is 354 g/mol. The van der Waals surface area contributed by atoms with Crippen molar-refractivity contribution in [3.8, 4) is 5.75 Å². The molecule has 10 heteroatoms. The van der Waals surface area contributed by atoms with E-state index in [9.17, 15) is 31.1 Å². The topological polar surface area (TPSA) is 41.6 Å². The zero-order valence-corrected chi connectivity index (χ0v) is 13.5.